The zero-order chi connectivity index (χ0) is 28.1. The standard InChI is InChI=1S/C29H31F2N5O4/c1-15-26(16(2)40-34-15)17-5-10-24-23(11-17)33-27(35(24)18-6-8-20(38-3)9-7-18)25-13-22(31)29(37)36(25)19-12-21(30)28(39-4)32-14-19/h5,10-12,14,18,20,22,25H,6-9,13H2,1-4H3/t18?,20?,22-,25-/m0/s1. The summed E-state index contributed by atoms with van der Waals surface area (Å²) in [5.41, 5.74) is 4.35. The molecule has 3 aromatic heterocycles. The number of amides is 1. The van der Waals surface area contributed by atoms with Crippen LogP contribution in [0.2, 0.25) is 0 Å². The fourth-order valence-corrected chi connectivity index (χ4v) is 6.26. The Morgan fingerprint density at radius 1 is 1.10 bits per heavy atom. The smallest absolute Gasteiger partial charge is 0.262 e. The molecule has 0 spiro atoms. The Balaban J connectivity index is 1.50. The third kappa shape index (κ3) is 4.32. The number of nitrogens with zero attached hydrogens (tertiary/aromatic N) is 5. The highest BCUT2D eigenvalue weighted by atomic mass is 19.1. The number of aryl methyl sites for hydroxylation is 2. The molecule has 0 bridgehead atoms. The number of ether oxygens (including phenoxy) is 2. The van der Waals surface area contributed by atoms with Gasteiger partial charge in [0.25, 0.3) is 5.91 Å². The lowest BCUT2D eigenvalue weighted by Crippen LogP contribution is -2.32. The van der Waals surface area contributed by atoms with Gasteiger partial charge in [-0.25, -0.2) is 18.7 Å². The zero-order valence-corrected chi connectivity index (χ0v) is 22.9. The van der Waals surface area contributed by atoms with Crippen molar-refractivity contribution in [2.45, 2.75) is 70.3 Å². The molecule has 11 heteroatoms. The van der Waals surface area contributed by atoms with Crippen molar-refractivity contribution in [1.29, 1.82) is 0 Å². The highest BCUT2D eigenvalue weighted by Crippen LogP contribution is 2.43. The van der Waals surface area contributed by atoms with E-state index in [0.29, 0.717) is 11.6 Å². The number of benzene rings is 1. The molecular weight excluding hydrogens is 520 g/mol. The largest absolute Gasteiger partial charge is 0.479 e. The number of pyridine rings is 1. The van der Waals surface area contributed by atoms with E-state index >= 15 is 4.39 Å². The quantitative estimate of drug-likeness (QED) is 0.299. The van der Waals surface area contributed by atoms with Crippen molar-refractivity contribution in [2.24, 2.45) is 0 Å². The monoisotopic (exact) mass is 551 g/mol. The number of halogens is 2. The van der Waals surface area contributed by atoms with Gasteiger partial charge in [-0.15, -0.1) is 0 Å². The van der Waals surface area contributed by atoms with Gasteiger partial charge >= 0.3 is 0 Å². The minimum absolute atomic E-state index is 0.0812. The molecule has 210 valence electrons. The average molecular weight is 552 g/mol. The molecule has 1 saturated heterocycles. The van der Waals surface area contributed by atoms with Crippen LogP contribution in [0, 0.1) is 19.7 Å². The van der Waals surface area contributed by atoms with E-state index in [4.69, 9.17) is 19.0 Å². The molecule has 1 aliphatic heterocycles. The minimum atomic E-state index is -1.74. The summed E-state index contributed by atoms with van der Waals surface area (Å²) < 4.78 is 47.8. The number of methoxy groups -OCH3 is 2. The molecule has 1 aromatic carbocycles. The summed E-state index contributed by atoms with van der Waals surface area (Å²) in [5, 5.41) is 4.08. The van der Waals surface area contributed by atoms with Crippen molar-refractivity contribution in [3.8, 4) is 17.0 Å². The Morgan fingerprint density at radius 3 is 2.52 bits per heavy atom. The number of carbonyl (C=O) groups excluding carboxylic acids is 1. The van der Waals surface area contributed by atoms with Crippen LogP contribution in [0.25, 0.3) is 22.2 Å². The minimum Gasteiger partial charge on any atom is -0.479 e. The predicted molar refractivity (Wildman–Crippen MR) is 143 cm³/mol. The number of imidazole rings is 1. The van der Waals surface area contributed by atoms with Crippen molar-refractivity contribution in [2.75, 3.05) is 19.1 Å². The van der Waals surface area contributed by atoms with Gasteiger partial charge in [-0.05, 0) is 57.2 Å². The van der Waals surface area contributed by atoms with E-state index in [1.807, 2.05) is 32.0 Å². The molecule has 9 nitrogen and oxygen atoms in total. The molecule has 0 N–H and O–H groups in total. The molecule has 2 aliphatic rings. The second-order valence-electron chi connectivity index (χ2n) is 10.5. The van der Waals surface area contributed by atoms with Crippen molar-refractivity contribution < 1.29 is 27.6 Å². The Morgan fingerprint density at radius 2 is 1.88 bits per heavy atom. The van der Waals surface area contributed by atoms with E-state index in [0.717, 1.165) is 59.6 Å². The van der Waals surface area contributed by atoms with Gasteiger partial charge in [-0.2, -0.15) is 0 Å². The Bertz CT molecular complexity index is 1560. The van der Waals surface area contributed by atoms with Gasteiger partial charge in [0, 0.05) is 31.2 Å². The first-order valence-electron chi connectivity index (χ1n) is 13.4. The zero-order valence-electron chi connectivity index (χ0n) is 22.9. The van der Waals surface area contributed by atoms with Crippen LogP contribution in [0.1, 0.15) is 61.5 Å². The molecule has 1 saturated carbocycles. The van der Waals surface area contributed by atoms with Gasteiger partial charge in [0.05, 0.1) is 47.9 Å². The van der Waals surface area contributed by atoms with Crippen molar-refractivity contribution in [1.82, 2.24) is 19.7 Å². The van der Waals surface area contributed by atoms with Crippen LogP contribution in [0.5, 0.6) is 5.88 Å². The maximum Gasteiger partial charge on any atom is 0.262 e. The third-order valence-corrected chi connectivity index (χ3v) is 8.19. The van der Waals surface area contributed by atoms with Crippen LogP contribution in [-0.2, 0) is 9.53 Å². The topological polar surface area (TPSA) is 95.5 Å². The molecule has 1 amide bonds. The Kier molecular flexibility index (Phi) is 6.77. The summed E-state index contributed by atoms with van der Waals surface area (Å²) in [4.78, 5) is 23.4. The number of alkyl halides is 1. The summed E-state index contributed by atoms with van der Waals surface area (Å²) in [6, 6.07) is 6.49. The number of carbonyl (C=O) groups is 1. The van der Waals surface area contributed by atoms with Crippen LogP contribution in [-0.4, -0.2) is 52.1 Å². The van der Waals surface area contributed by atoms with Crippen LogP contribution in [0.4, 0.5) is 14.5 Å². The highest BCUT2D eigenvalue weighted by Gasteiger charge is 2.45. The van der Waals surface area contributed by atoms with Crippen molar-refractivity contribution in [3.05, 3.63) is 53.6 Å². The highest BCUT2D eigenvalue weighted by molar-refractivity contribution is 5.99. The lowest BCUT2D eigenvalue weighted by molar-refractivity contribution is -0.121. The van der Waals surface area contributed by atoms with E-state index in [9.17, 15) is 9.18 Å². The summed E-state index contributed by atoms with van der Waals surface area (Å²) in [7, 11) is 3.04. The lowest BCUT2D eigenvalue weighted by atomic mass is 9.92. The maximum absolute atomic E-state index is 15.1. The van der Waals surface area contributed by atoms with E-state index in [-0.39, 0.29) is 30.1 Å². The fourth-order valence-electron chi connectivity index (χ4n) is 6.26. The van der Waals surface area contributed by atoms with Gasteiger partial charge in [0.1, 0.15) is 11.6 Å². The van der Waals surface area contributed by atoms with Crippen LogP contribution in [0.15, 0.2) is 35.0 Å². The lowest BCUT2D eigenvalue weighted by Gasteiger charge is -2.32. The summed E-state index contributed by atoms with van der Waals surface area (Å²) in [6.07, 6.45) is 3.13. The maximum atomic E-state index is 15.1. The Hall–Kier alpha value is -3.86. The molecule has 1 aliphatic carbocycles. The molecule has 4 aromatic rings. The number of rotatable bonds is 6. The summed E-state index contributed by atoms with van der Waals surface area (Å²) in [6.45, 7) is 3.75. The first-order valence-corrected chi connectivity index (χ1v) is 13.4. The first-order chi connectivity index (χ1) is 19.3. The van der Waals surface area contributed by atoms with E-state index in [1.54, 1.807) is 7.11 Å². The molecule has 4 heterocycles. The molecular formula is C29H31F2N5O4. The van der Waals surface area contributed by atoms with Crippen LogP contribution in [0.3, 0.4) is 0 Å². The fraction of sp³-hybridized carbons (Fsp3) is 0.448. The van der Waals surface area contributed by atoms with Gasteiger partial charge < -0.3 is 18.6 Å². The van der Waals surface area contributed by atoms with Gasteiger partial charge in [-0.1, -0.05) is 11.2 Å². The van der Waals surface area contributed by atoms with E-state index in [2.05, 4.69) is 14.7 Å². The van der Waals surface area contributed by atoms with Crippen LogP contribution < -0.4 is 9.64 Å². The average Bonchev–Trinajstić information content (AvgIpc) is 3.60. The van der Waals surface area contributed by atoms with Gasteiger partial charge in [-0.3, -0.25) is 9.69 Å². The number of aromatic nitrogens is 4. The number of hydrogen-bond acceptors (Lipinski definition) is 7. The molecule has 40 heavy (non-hydrogen) atoms. The van der Waals surface area contributed by atoms with Gasteiger partial charge in [0.15, 0.2) is 12.0 Å². The van der Waals surface area contributed by atoms with Crippen LogP contribution >= 0.6 is 0 Å². The van der Waals surface area contributed by atoms with Crippen molar-refractivity contribution >= 4 is 22.6 Å². The van der Waals surface area contributed by atoms with E-state index in [1.165, 1.54) is 18.2 Å². The summed E-state index contributed by atoms with van der Waals surface area (Å²) >= 11 is 0. The first kappa shape index (κ1) is 26.4. The predicted octanol–water partition coefficient (Wildman–Crippen LogP) is 5.80. The molecule has 2 atom stereocenters. The second kappa shape index (κ2) is 10.3. The molecule has 0 unspecified atom stereocenters. The molecule has 2 fully saturated rings. The Labute approximate surface area is 230 Å². The summed E-state index contributed by atoms with van der Waals surface area (Å²) in [5.74, 6) is -0.399. The number of anilines is 1. The van der Waals surface area contributed by atoms with Gasteiger partial charge in [0.2, 0.25) is 5.88 Å². The molecule has 0 radical (unpaired) electrons. The third-order valence-electron chi connectivity index (χ3n) is 8.19. The van der Waals surface area contributed by atoms with E-state index < -0.39 is 23.9 Å². The van der Waals surface area contributed by atoms with Crippen molar-refractivity contribution in [3.63, 3.8) is 0 Å². The normalized spacial score (nSPS) is 23.4. The molecule has 6 rings (SSSR count). The number of fused-ring (bicyclic) bond motifs is 1. The second-order valence-corrected chi connectivity index (χ2v) is 10.5. The SMILES string of the molecule is COc1ncc(N2C(=O)[C@@H](F)C[C@H]2c2nc3cc(-c4c(C)noc4C)ccc3n2C2CCC(OC)CC2)cc1F. The number of hydrogen-bond donors (Lipinski definition) is 0.